The molecule has 0 radical (unpaired) electrons. The van der Waals surface area contributed by atoms with Crippen LogP contribution in [0.25, 0.3) is 0 Å². The van der Waals surface area contributed by atoms with Crippen LogP contribution in [0.3, 0.4) is 0 Å². The molecular weight excluding hydrogens is 230 g/mol. The molecule has 0 saturated carbocycles. The molecule has 1 aromatic heterocycles. The third kappa shape index (κ3) is 2.45. The van der Waals surface area contributed by atoms with Crippen molar-refractivity contribution in [3.05, 3.63) is 22.4 Å². The van der Waals surface area contributed by atoms with Crippen LogP contribution in [0.5, 0.6) is 0 Å². The highest BCUT2D eigenvalue weighted by Crippen LogP contribution is 2.34. The van der Waals surface area contributed by atoms with Crippen LogP contribution in [-0.4, -0.2) is 23.3 Å². The first-order chi connectivity index (χ1) is 8.15. The normalized spacial score (nSPS) is 28.3. The zero-order valence-corrected chi connectivity index (χ0v) is 11.7. The number of carbonyl (C=O) groups is 1. The average Bonchev–Trinajstić information content (AvgIpc) is 2.84. The Balaban J connectivity index is 2.18. The van der Waals surface area contributed by atoms with E-state index in [1.807, 2.05) is 11.3 Å². The molecule has 0 bridgehead atoms. The Kier molecular flexibility index (Phi) is 4.00. The standard InChI is InChI=1S/C14H21NOS/c1-4-12(14-6-5-9-17-14)15-8-7-13(16)10(2)11(15)3/h5-6,9-12H,4,7-8H2,1-3H3. The van der Waals surface area contributed by atoms with Crippen molar-refractivity contribution in [3.63, 3.8) is 0 Å². The summed E-state index contributed by atoms with van der Waals surface area (Å²) < 4.78 is 0. The molecule has 1 fully saturated rings. The molecule has 1 aliphatic heterocycles. The minimum atomic E-state index is 0.178. The highest BCUT2D eigenvalue weighted by molar-refractivity contribution is 7.10. The molecule has 1 aliphatic rings. The predicted molar refractivity (Wildman–Crippen MR) is 72.3 cm³/mol. The third-order valence-electron chi connectivity index (χ3n) is 4.03. The third-order valence-corrected chi connectivity index (χ3v) is 5.00. The Morgan fingerprint density at radius 1 is 1.53 bits per heavy atom. The summed E-state index contributed by atoms with van der Waals surface area (Å²) in [6, 6.07) is 5.18. The van der Waals surface area contributed by atoms with Gasteiger partial charge in [0.1, 0.15) is 5.78 Å². The fraction of sp³-hybridized carbons (Fsp3) is 0.643. The molecule has 94 valence electrons. The Morgan fingerprint density at radius 2 is 2.29 bits per heavy atom. The van der Waals surface area contributed by atoms with E-state index in [4.69, 9.17) is 0 Å². The van der Waals surface area contributed by atoms with Crippen molar-refractivity contribution in [2.24, 2.45) is 5.92 Å². The molecule has 2 nitrogen and oxygen atoms in total. The van der Waals surface area contributed by atoms with Crippen molar-refractivity contribution in [1.82, 2.24) is 4.90 Å². The van der Waals surface area contributed by atoms with Crippen molar-refractivity contribution >= 4 is 17.1 Å². The van der Waals surface area contributed by atoms with Crippen molar-refractivity contribution in [2.45, 2.75) is 45.7 Å². The summed E-state index contributed by atoms with van der Waals surface area (Å²) in [5.74, 6) is 0.604. The highest BCUT2D eigenvalue weighted by Gasteiger charge is 2.34. The first kappa shape index (κ1) is 12.8. The number of ketones is 1. The Hall–Kier alpha value is -0.670. The molecule has 0 aromatic carbocycles. The maximum Gasteiger partial charge on any atom is 0.138 e. The van der Waals surface area contributed by atoms with Gasteiger partial charge in [0.25, 0.3) is 0 Å². The fourth-order valence-corrected chi connectivity index (χ4v) is 3.68. The van der Waals surface area contributed by atoms with Crippen molar-refractivity contribution in [2.75, 3.05) is 6.54 Å². The van der Waals surface area contributed by atoms with Gasteiger partial charge in [-0.05, 0) is 24.8 Å². The van der Waals surface area contributed by atoms with Gasteiger partial charge in [-0.1, -0.05) is 19.9 Å². The second-order valence-electron chi connectivity index (χ2n) is 4.92. The molecular formula is C14H21NOS. The summed E-state index contributed by atoms with van der Waals surface area (Å²) >= 11 is 1.83. The molecule has 3 atom stereocenters. The quantitative estimate of drug-likeness (QED) is 0.819. The van der Waals surface area contributed by atoms with Crippen molar-refractivity contribution in [1.29, 1.82) is 0 Å². The van der Waals surface area contributed by atoms with E-state index < -0.39 is 0 Å². The molecule has 3 heteroatoms. The number of carbonyl (C=O) groups excluding carboxylic acids is 1. The van der Waals surface area contributed by atoms with E-state index in [2.05, 4.69) is 43.2 Å². The topological polar surface area (TPSA) is 20.3 Å². The fourth-order valence-electron chi connectivity index (χ4n) is 2.75. The van der Waals surface area contributed by atoms with E-state index in [1.165, 1.54) is 4.88 Å². The lowest BCUT2D eigenvalue weighted by molar-refractivity contribution is -0.128. The number of hydrogen-bond acceptors (Lipinski definition) is 3. The largest absolute Gasteiger partial charge is 0.299 e. The van der Waals surface area contributed by atoms with Crippen molar-refractivity contribution < 1.29 is 4.79 Å². The van der Waals surface area contributed by atoms with Crippen LogP contribution in [0.2, 0.25) is 0 Å². The highest BCUT2D eigenvalue weighted by atomic mass is 32.1. The molecule has 17 heavy (non-hydrogen) atoms. The van der Waals surface area contributed by atoms with Crippen LogP contribution in [0, 0.1) is 5.92 Å². The van der Waals surface area contributed by atoms with E-state index in [9.17, 15) is 4.79 Å². The zero-order valence-electron chi connectivity index (χ0n) is 10.8. The lowest BCUT2D eigenvalue weighted by Gasteiger charge is -2.41. The van der Waals surface area contributed by atoms with E-state index >= 15 is 0 Å². The number of piperidine rings is 1. The Labute approximate surface area is 108 Å². The Bertz CT molecular complexity index is 374. The second kappa shape index (κ2) is 5.32. The summed E-state index contributed by atoms with van der Waals surface area (Å²) in [5, 5.41) is 2.14. The lowest BCUT2D eigenvalue weighted by atomic mass is 9.89. The first-order valence-electron chi connectivity index (χ1n) is 6.47. The van der Waals surface area contributed by atoms with Gasteiger partial charge in [-0.3, -0.25) is 9.69 Å². The van der Waals surface area contributed by atoms with Crippen LogP contribution in [0.4, 0.5) is 0 Å². The van der Waals surface area contributed by atoms with Gasteiger partial charge in [-0.2, -0.15) is 0 Å². The zero-order chi connectivity index (χ0) is 12.4. The Morgan fingerprint density at radius 3 is 2.88 bits per heavy atom. The van der Waals surface area contributed by atoms with Gasteiger partial charge in [0.05, 0.1) is 0 Å². The molecule has 2 heterocycles. The predicted octanol–water partition coefficient (Wildman–Crippen LogP) is 3.50. The van der Waals surface area contributed by atoms with Crippen LogP contribution < -0.4 is 0 Å². The van der Waals surface area contributed by atoms with Crippen LogP contribution >= 0.6 is 11.3 Å². The minimum Gasteiger partial charge on any atom is -0.299 e. The van der Waals surface area contributed by atoms with E-state index in [0.717, 1.165) is 13.0 Å². The van der Waals surface area contributed by atoms with Crippen molar-refractivity contribution in [3.8, 4) is 0 Å². The van der Waals surface area contributed by atoms with E-state index in [0.29, 0.717) is 24.3 Å². The maximum atomic E-state index is 11.7. The van der Waals surface area contributed by atoms with Gasteiger partial charge in [-0.25, -0.2) is 0 Å². The molecule has 0 amide bonds. The summed E-state index contributed by atoms with van der Waals surface area (Å²) in [7, 11) is 0. The first-order valence-corrected chi connectivity index (χ1v) is 7.35. The average molecular weight is 251 g/mol. The molecule has 1 saturated heterocycles. The number of likely N-dealkylation sites (tertiary alicyclic amines) is 1. The van der Waals surface area contributed by atoms with Crippen LogP contribution in [0.15, 0.2) is 17.5 Å². The van der Waals surface area contributed by atoms with Crippen LogP contribution in [0.1, 0.15) is 44.5 Å². The monoisotopic (exact) mass is 251 g/mol. The number of Topliss-reactive ketones (excluding diaryl/α,β-unsaturated/α-hetero) is 1. The van der Waals surface area contributed by atoms with E-state index in [1.54, 1.807) is 0 Å². The molecule has 1 aromatic rings. The minimum absolute atomic E-state index is 0.178. The number of nitrogens with zero attached hydrogens (tertiary/aromatic N) is 1. The molecule has 0 aliphatic carbocycles. The van der Waals surface area contributed by atoms with Gasteiger partial charge in [0.15, 0.2) is 0 Å². The second-order valence-corrected chi connectivity index (χ2v) is 5.90. The maximum absolute atomic E-state index is 11.7. The summed E-state index contributed by atoms with van der Waals surface area (Å²) in [6.45, 7) is 7.41. The molecule has 2 rings (SSSR count). The van der Waals surface area contributed by atoms with Gasteiger partial charge in [0, 0.05) is 35.8 Å². The number of rotatable bonds is 3. The van der Waals surface area contributed by atoms with Gasteiger partial charge in [0.2, 0.25) is 0 Å². The SMILES string of the molecule is CCC(c1cccs1)N1CCC(=O)C(C)C1C. The molecule has 3 unspecified atom stereocenters. The van der Waals surface area contributed by atoms with Crippen LogP contribution in [-0.2, 0) is 4.79 Å². The lowest BCUT2D eigenvalue weighted by Crippen LogP contribution is -2.48. The summed E-state index contributed by atoms with van der Waals surface area (Å²) in [5.41, 5.74) is 0. The smallest absolute Gasteiger partial charge is 0.138 e. The number of thiophene rings is 1. The van der Waals surface area contributed by atoms with Gasteiger partial charge in [-0.15, -0.1) is 11.3 Å². The van der Waals surface area contributed by atoms with Gasteiger partial charge < -0.3 is 0 Å². The van der Waals surface area contributed by atoms with E-state index in [-0.39, 0.29) is 5.92 Å². The molecule has 0 N–H and O–H groups in total. The van der Waals surface area contributed by atoms with Gasteiger partial charge >= 0.3 is 0 Å². The summed E-state index contributed by atoms with van der Waals surface area (Å²) in [4.78, 5) is 15.7. The number of hydrogen-bond donors (Lipinski definition) is 0. The molecule has 0 spiro atoms. The summed E-state index contributed by atoms with van der Waals surface area (Å²) in [6.07, 6.45) is 1.83.